The van der Waals surface area contributed by atoms with Crippen molar-refractivity contribution < 1.29 is 14.3 Å². The van der Waals surface area contributed by atoms with Crippen molar-refractivity contribution in [3.63, 3.8) is 0 Å². The number of carbonyl (C=O) groups is 1. The van der Waals surface area contributed by atoms with Crippen LogP contribution in [0.2, 0.25) is 0 Å². The number of hydrogen-bond acceptors (Lipinski definition) is 6. The maximum Gasteiger partial charge on any atom is 0.323 e. The fourth-order valence-corrected chi connectivity index (χ4v) is 5.26. The van der Waals surface area contributed by atoms with Crippen LogP contribution in [-0.2, 0) is 4.74 Å². The molecule has 3 aromatic heterocycles. The lowest BCUT2D eigenvalue weighted by atomic mass is 10.00. The summed E-state index contributed by atoms with van der Waals surface area (Å²) in [7, 11) is 1.58. The summed E-state index contributed by atoms with van der Waals surface area (Å²) in [4.78, 5) is 27.3. The Kier molecular flexibility index (Phi) is 6.15. The molecule has 0 saturated carbocycles. The molecule has 4 heterocycles. The summed E-state index contributed by atoms with van der Waals surface area (Å²) in [5.74, 6) is 0.916. The second kappa shape index (κ2) is 9.36. The molecule has 33 heavy (non-hydrogen) atoms. The lowest BCUT2D eigenvalue weighted by Gasteiger charge is -2.28. The van der Waals surface area contributed by atoms with Gasteiger partial charge in [0.15, 0.2) is 5.13 Å². The van der Waals surface area contributed by atoms with Gasteiger partial charge in [0.05, 0.1) is 11.8 Å². The number of nitrogens with zero attached hydrogens (tertiary/aromatic N) is 3. The van der Waals surface area contributed by atoms with Crippen LogP contribution in [0.15, 0.2) is 36.7 Å². The average Bonchev–Trinajstić information content (AvgIpc) is 3.48. The zero-order valence-corrected chi connectivity index (χ0v) is 19.6. The summed E-state index contributed by atoms with van der Waals surface area (Å²) in [6, 6.07) is 8.16. The summed E-state index contributed by atoms with van der Waals surface area (Å²) in [5.41, 5.74) is 3.69. The van der Waals surface area contributed by atoms with Crippen molar-refractivity contribution in [2.45, 2.75) is 19.8 Å². The summed E-state index contributed by atoms with van der Waals surface area (Å²) in [5, 5.41) is 4.69. The summed E-state index contributed by atoms with van der Waals surface area (Å²) in [6.45, 7) is 4.90. The largest absolute Gasteiger partial charge is 0.479 e. The minimum atomic E-state index is -0.135. The van der Waals surface area contributed by atoms with Gasteiger partial charge in [-0.3, -0.25) is 5.32 Å². The predicted octanol–water partition coefficient (Wildman–Crippen LogP) is 5.13. The van der Waals surface area contributed by atoms with Crippen LogP contribution in [0, 0.1) is 5.92 Å². The van der Waals surface area contributed by atoms with Crippen molar-refractivity contribution in [3.05, 3.63) is 36.7 Å². The van der Waals surface area contributed by atoms with Gasteiger partial charge in [-0.15, -0.1) is 0 Å². The molecule has 4 aromatic rings. The van der Waals surface area contributed by atoms with E-state index in [0.717, 1.165) is 59.3 Å². The lowest BCUT2D eigenvalue weighted by molar-refractivity contribution is 0.0576. The highest BCUT2D eigenvalue weighted by molar-refractivity contribution is 7.23. The number of methoxy groups -OCH3 is 1. The van der Waals surface area contributed by atoms with Gasteiger partial charge in [0.1, 0.15) is 5.52 Å². The Balaban J connectivity index is 1.44. The third-order valence-electron chi connectivity index (χ3n) is 6.15. The molecular weight excluding hydrogens is 438 g/mol. The van der Waals surface area contributed by atoms with E-state index < -0.39 is 0 Å². The fourth-order valence-electron chi connectivity index (χ4n) is 4.28. The number of hydrogen-bond donors (Lipinski definition) is 2. The summed E-state index contributed by atoms with van der Waals surface area (Å²) in [6.07, 6.45) is 5.71. The number of carbonyl (C=O) groups excluding carboxylic acids is 1. The molecule has 0 unspecified atom stereocenters. The molecule has 0 atom stereocenters. The van der Waals surface area contributed by atoms with Crippen LogP contribution in [0.1, 0.15) is 19.8 Å². The molecule has 9 heteroatoms. The second-order valence-corrected chi connectivity index (χ2v) is 9.18. The molecule has 1 saturated heterocycles. The molecule has 0 bridgehead atoms. The monoisotopic (exact) mass is 465 g/mol. The topological polar surface area (TPSA) is 92.4 Å². The van der Waals surface area contributed by atoms with Crippen molar-refractivity contribution >= 4 is 43.6 Å². The van der Waals surface area contributed by atoms with Gasteiger partial charge in [-0.25, -0.2) is 14.8 Å². The average molecular weight is 466 g/mol. The van der Waals surface area contributed by atoms with Gasteiger partial charge in [0, 0.05) is 49.8 Å². The highest BCUT2D eigenvalue weighted by Gasteiger charge is 2.22. The van der Waals surface area contributed by atoms with E-state index in [9.17, 15) is 4.79 Å². The SMILES string of the molecule is CCN(CC1CCOCC1)C(=O)Nc1nc2c(OC)ncc(-c3ccc4cc[nH]c4c3)c2s1. The van der Waals surface area contributed by atoms with Crippen LogP contribution in [0.3, 0.4) is 0 Å². The molecule has 5 rings (SSSR count). The number of anilines is 1. The predicted molar refractivity (Wildman–Crippen MR) is 131 cm³/mol. The number of thiazole rings is 1. The maximum absolute atomic E-state index is 13.0. The smallest absolute Gasteiger partial charge is 0.323 e. The van der Waals surface area contributed by atoms with E-state index in [0.29, 0.717) is 29.0 Å². The number of pyridine rings is 1. The Labute approximate surface area is 195 Å². The third kappa shape index (κ3) is 4.38. The van der Waals surface area contributed by atoms with Gasteiger partial charge in [0.2, 0.25) is 5.88 Å². The first kappa shape index (κ1) is 21.7. The minimum absolute atomic E-state index is 0.135. The second-order valence-electron chi connectivity index (χ2n) is 8.18. The molecular formula is C24H27N5O3S. The van der Waals surface area contributed by atoms with Crippen molar-refractivity contribution in [2.75, 3.05) is 38.7 Å². The summed E-state index contributed by atoms with van der Waals surface area (Å²) >= 11 is 1.44. The van der Waals surface area contributed by atoms with E-state index in [1.807, 2.05) is 24.1 Å². The molecule has 0 radical (unpaired) electrons. The number of aromatic amines is 1. The van der Waals surface area contributed by atoms with Crippen molar-refractivity contribution in [3.8, 4) is 17.0 Å². The first-order valence-corrected chi connectivity index (χ1v) is 12.0. The summed E-state index contributed by atoms with van der Waals surface area (Å²) < 4.78 is 11.8. The fraction of sp³-hybridized carbons (Fsp3) is 0.375. The molecule has 1 aliphatic rings. The molecule has 0 aliphatic carbocycles. The number of amides is 2. The Morgan fingerprint density at radius 3 is 2.97 bits per heavy atom. The molecule has 1 fully saturated rings. The van der Waals surface area contributed by atoms with E-state index in [4.69, 9.17) is 9.47 Å². The van der Waals surface area contributed by atoms with Gasteiger partial charge in [-0.1, -0.05) is 23.5 Å². The first-order chi connectivity index (χ1) is 16.2. The quantitative estimate of drug-likeness (QED) is 0.412. The highest BCUT2D eigenvalue weighted by Crippen LogP contribution is 2.39. The molecule has 1 aliphatic heterocycles. The van der Waals surface area contributed by atoms with E-state index in [1.54, 1.807) is 13.3 Å². The Morgan fingerprint density at radius 1 is 1.33 bits per heavy atom. The number of benzene rings is 1. The Bertz CT molecular complexity index is 1280. The Morgan fingerprint density at radius 2 is 2.18 bits per heavy atom. The van der Waals surface area contributed by atoms with Crippen molar-refractivity contribution in [1.29, 1.82) is 0 Å². The van der Waals surface area contributed by atoms with Gasteiger partial charge < -0.3 is 19.4 Å². The van der Waals surface area contributed by atoms with E-state index in [2.05, 4.69) is 38.5 Å². The van der Waals surface area contributed by atoms with Gasteiger partial charge >= 0.3 is 6.03 Å². The number of H-pyrrole nitrogens is 1. The minimum Gasteiger partial charge on any atom is -0.479 e. The van der Waals surface area contributed by atoms with Crippen LogP contribution in [0.4, 0.5) is 9.93 Å². The maximum atomic E-state index is 13.0. The van der Waals surface area contributed by atoms with E-state index >= 15 is 0 Å². The van der Waals surface area contributed by atoms with Crippen LogP contribution < -0.4 is 10.1 Å². The van der Waals surface area contributed by atoms with Crippen LogP contribution in [0.5, 0.6) is 5.88 Å². The molecule has 1 aromatic carbocycles. The number of aromatic nitrogens is 3. The van der Waals surface area contributed by atoms with Gasteiger partial charge in [0.25, 0.3) is 0 Å². The number of urea groups is 1. The highest BCUT2D eigenvalue weighted by atomic mass is 32.1. The first-order valence-electron chi connectivity index (χ1n) is 11.2. The molecule has 172 valence electrons. The van der Waals surface area contributed by atoms with Crippen molar-refractivity contribution in [2.24, 2.45) is 5.92 Å². The molecule has 2 amide bonds. The van der Waals surface area contributed by atoms with Crippen molar-refractivity contribution in [1.82, 2.24) is 19.9 Å². The lowest BCUT2D eigenvalue weighted by Crippen LogP contribution is -2.39. The van der Waals surface area contributed by atoms with Crippen LogP contribution in [-0.4, -0.2) is 59.3 Å². The van der Waals surface area contributed by atoms with Crippen LogP contribution >= 0.6 is 11.3 Å². The zero-order chi connectivity index (χ0) is 22.8. The Hall–Kier alpha value is -3.17. The van der Waals surface area contributed by atoms with Gasteiger partial charge in [-0.2, -0.15) is 0 Å². The number of rotatable bonds is 6. The number of nitrogens with one attached hydrogen (secondary N) is 2. The third-order valence-corrected chi connectivity index (χ3v) is 7.15. The zero-order valence-electron chi connectivity index (χ0n) is 18.8. The normalized spacial score (nSPS) is 14.6. The van der Waals surface area contributed by atoms with E-state index in [1.165, 1.54) is 11.3 Å². The molecule has 2 N–H and O–H groups in total. The molecule has 8 nitrogen and oxygen atoms in total. The molecule has 0 spiro atoms. The van der Waals surface area contributed by atoms with E-state index in [-0.39, 0.29) is 6.03 Å². The van der Waals surface area contributed by atoms with Gasteiger partial charge in [-0.05, 0) is 48.8 Å². The number of fused-ring (bicyclic) bond motifs is 2. The number of ether oxygens (including phenoxy) is 2. The van der Waals surface area contributed by atoms with Crippen LogP contribution in [0.25, 0.3) is 32.2 Å². The standard InChI is InChI=1S/C24H27N5O3S/c1-3-29(14-15-7-10-32-11-8-15)24(30)28-23-27-20-21(33-23)18(13-26-22(20)31-2)17-5-4-16-6-9-25-19(16)12-17/h4-6,9,12-13,15,25H,3,7-8,10-11,14H2,1-2H3,(H,27,28,30).